The zero-order valence-corrected chi connectivity index (χ0v) is 15.4. The molecule has 2 heterocycles. The minimum absolute atomic E-state index is 0.215. The number of piperidine rings is 1. The van der Waals surface area contributed by atoms with Gasteiger partial charge in [-0.05, 0) is 51.8 Å². The van der Waals surface area contributed by atoms with Crippen molar-refractivity contribution >= 4 is 16.7 Å². The second kappa shape index (κ2) is 6.60. The van der Waals surface area contributed by atoms with Gasteiger partial charge in [-0.2, -0.15) is 0 Å². The molecule has 1 aliphatic heterocycles. The van der Waals surface area contributed by atoms with Crippen molar-refractivity contribution in [1.82, 2.24) is 9.47 Å². The number of aromatic nitrogens is 1. The highest BCUT2D eigenvalue weighted by molar-refractivity contribution is 6.10. The fourth-order valence-electron chi connectivity index (χ4n) is 4.06. The van der Waals surface area contributed by atoms with Crippen molar-refractivity contribution in [2.75, 3.05) is 13.7 Å². The van der Waals surface area contributed by atoms with Gasteiger partial charge >= 0.3 is 0 Å². The van der Waals surface area contributed by atoms with Gasteiger partial charge in [0, 0.05) is 41.3 Å². The Balaban J connectivity index is 1.98. The summed E-state index contributed by atoms with van der Waals surface area (Å²) in [5, 5.41) is 0.997. The lowest BCUT2D eigenvalue weighted by atomic mass is 9.96. The van der Waals surface area contributed by atoms with Crippen LogP contribution in [0.25, 0.3) is 10.9 Å². The van der Waals surface area contributed by atoms with Gasteiger partial charge in [-0.15, -0.1) is 0 Å². The van der Waals surface area contributed by atoms with Crippen molar-refractivity contribution < 1.29 is 9.53 Å². The summed E-state index contributed by atoms with van der Waals surface area (Å²) in [4.78, 5) is 15.5. The minimum atomic E-state index is 0.215. The van der Waals surface area contributed by atoms with E-state index in [0.717, 1.165) is 27.9 Å². The summed E-state index contributed by atoms with van der Waals surface area (Å²) in [5.41, 5.74) is 2.95. The number of likely N-dealkylation sites (tertiary alicyclic amines) is 1. The quantitative estimate of drug-likeness (QED) is 0.797. The summed E-state index contributed by atoms with van der Waals surface area (Å²) < 4.78 is 7.46. The van der Waals surface area contributed by atoms with Crippen LogP contribution in [0.4, 0.5) is 0 Å². The number of rotatable bonds is 4. The highest BCUT2D eigenvalue weighted by atomic mass is 16.5. The van der Waals surface area contributed by atoms with Crippen LogP contribution in [0.2, 0.25) is 0 Å². The Morgan fingerprint density at radius 1 is 1.25 bits per heavy atom. The molecule has 3 rings (SSSR count). The molecule has 0 amide bonds. The minimum Gasteiger partial charge on any atom is -0.497 e. The predicted octanol–water partition coefficient (Wildman–Crippen LogP) is 3.94. The maximum atomic E-state index is 13.2. The summed E-state index contributed by atoms with van der Waals surface area (Å²) in [6.07, 6.45) is 3.62. The number of fused-ring (bicyclic) bond motifs is 1. The Hall–Kier alpha value is -1.81. The second-order valence-electron chi connectivity index (χ2n) is 7.13. The molecule has 1 aliphatic rings. The lowest BCUT2D eigenvalue weighted by molar-refractivity contribution is 0.0735. The van der Waals surface area contributed by atoms with E-state index in [0.29, 0.717) is 18.6 Å². The molecule has 2 atom stereocenters. The Labute approximate surface area is 144 Å². The summed E-state index contributed by atoms with van der Waals surface area (Å²) in [5.74, 6) is 1.01. The molecule has 1 fully saturated rings. The summed E-state index contributed by atoms with van der Waals surface area (Å²) in [6, 6.07) is 6.91. The first-order valence-corrected chi connectivity index (χ1v) is 8.86. The number of Topliss-reactive ketones (excluding diaryl/α,β-unsaturated/α-hetero) is 1. The summed E-state index contributed by atoms with van der Waals surface area (Å²) >= 11 is 0. The maximum Gasteiger partial charge on any atom is 0.179 e. The lowest BCUT2D eigenvalue weighted by Crippen LogP contribution is -2.46. The first kappa shape index (κ1) is 17.0. The van der Waals surface area contributed by atoms with Gasteiger partial charge in [0.2, 0.25) is 0 Å². The molecule has 4 heteroatoms. The van der Waals surface area contributed by atoms with Gasteiger partial charge in [0.25, 0.3) is 0 Å². The van der Waals surface area contributed by atoms with Crippen LogP contribution in [-0.4, -0.2) is 41.0 Å². The highest BCUT2D eigenvalue weighted by Crippen LogP contribution is 2.30. The Bertz CT molecular complexity index is 753. The number of hydrogen-bond acceptors (Lipinski definition) is 3. The van der Waals surface area contributed by atoms with E-state index in [-0.39, 0.29) is 5.78 Å². The maximum absolute atomic E-state index is 13.2. The number of aryl methyl sites for hydroxylation is 1. The number of carbonyl (C=O) groups excluding carboxylic acids is 1. The van der Waals surface area contributed by atoms with E-state index in [2.05, 4.69) is 23.3 Å². The van der Waals surface area contributed by atoms with Crippen LogP contribution in [0.15, 0.2) is 18.2 Å². The van der Waals surface area contributed by atoms with Gasteiger partial charge in [0.05, 0.1) is 13.7 Å². The van der Waals surface area contributed by atoms with E-state index >= 15 is 0 Å². The van der Waals surface area contributed by atoms with Crippen molar-refractivity contribution in [2.45, 2.75) is 52.1 Å². The van der Waals surface area contributed by atoms with Gasteiger partial charge in [0.1, 0.15) is 5.75 Å². The molecule has 0 N–H and O–H groups in total. The van der Waals surface area contributed by atoms with Crippen molar-refractivity contribution in [3.8, 4) is 5.75 Å². The van der Waals surface area contributed by atoms with Crippen LogP contribution in [0.1, 0.15) is 49.2 Å². The molecule has 24 heavy (non-hydrogen) atoms. The Morgan fingerprint density at radius 2 is 1.92 bits per heavy atom. The molecule has 1 aromatic carbocycles. The van der Waals surface area contributed by atoms with Gasteiger partial charge < -0.3 is 9.30 Å². The normalized spacial score (nSPS) is 22.0. The SMILES string of the molecule is COc1ccc2c(c1)c(C(=O)CN1[C@@H](C)CCC[C@@H]1C)c(C)n2C. The summed E-state index contributed by atoms with van der Waals surface area (Å²) in [6.45, 7) is 7.01. The predicted molar refractivity (Wildman–Crippen MR) is 98.0 cm³/mol. The number of benzene rings is 1. The van der Waals surface area contributed by atoms with E-state index in [1.165, 1.54) is 19.3 Å². The second-order valence-corrected chi connectivity index (χ2v) is 7.13. The van der Waals surface area contributed by atoms with Gasteiger partial charge in [-0.1, -0.05) is 6.42 Å². The van der Waals surface area contributed by atoms with Crippen molar-refractivity contribution in [2.24, 2.45) is 7.05 Å². The standard InChI is InChI=1S/C20H28N2O2/c1-13-7-6-8-14(2)22(13)12-19(23)20-15(3)21(4)18-10-9-16(24-5)11-17(18)20/h9-11,13-14H,6-8,12H2,1-5H3/t13-,14-/m0/s1. The molecular formula is C20H28N2O2. The van der Waals surface area contributed by atoms with Crippen LogP contribution in [0.5, 0.6) is 5.75 Å². The van der Waals surface area contributed by atoms with Gasteiger partial charge in [0.15, 0.2) is 5.78 Å². The van der Waals surface area contributed by atoms with E-state index in [1.54, 1.807) is 7.11 Å². The number of methoxy groups -OCH3 is 1. The smallest absolute Gasteiger partial charge is 0.179 e. The van der Waals surface area contributed by atoms with Gasteiger partial charge in [-0.3, -0.25) is 9.69 Å². The average molecular weight is 328 g/mol. The largest absolute Gasteiger partial charge is 0.497 e. The van der Waals surface area contributed by atoms with Crippen LogP contribution in [0.3, 0.4) is 0 Å². The molecule has 0 aliphatic carbocycles. The van der Waals surface area contributed by atoms with E-state index < -0.39 is 0 Å². The number of ketones is 1. The third-order valence-corrected chi connectivity index (χ3v) is 5.68. The van der Waals surface area contributed by atoms with Crippen LogP contribution < -0.4 is 4.74 Å². The molecule has 1 aromatic heterocycles. The van der Waals surface area contributed by atoms with Crippen LogP contribution >= 0.6 is 0 Å². The summed E-state index contributed by atoms with van der Waals surface area (Å²) in [7, 11) is 3.68. The molecule has 0 unspecified atom stereocenters. The molecule has 0 radical (unpaired) electrons. The Morgan fingerprint density at radius 3 is 2.54 bits per heavy atom. The first-order chi connectivity index (χ1) is 11.4. The highest BCUT2D eigenvalue weighted by Gasteiger charge is 2.28. The van der Waals surface area contributed by atoms with Crippen LogP contribution in [-0.2, 0) is 7.05 Å². The fourth-order valence-corrected chi connectivity index (χ4v) is 4.06. The number of ether oxygens (including phenoxy) is 1. The van der Waals surface area contributed by atoms with Crippen LogP contribution in [0, 0.1) is 6.92 Å². The fraction of sp³-hybridized carbons (Fsp3) is 0.550. The van der Waals surface area contributed by atoms with Crippen molar-refractivity contribution in [1.29, 1.82) is 0 Å². The monoisotopic (exact) mass is 328 g/mol. The van der Waals surface area contributed by atoms with E-state index in [9.17, 15) is 4.79 Å². The molecule has 0 bridgehead atoms. The zero-order chi connectivity index (χ0) is 17.4. The van der Waals surface area contributed by atoms with E-state index in [4.69, 9.17) is 4.74 Å². The van der Waals surface area contributed by atoms with Gasteiger partial charge in [-0.25, -0.2) is 0 Å². The van der Waals surface area contributed by atoms with Crippen molar-refractivity contribution in [3.63, 3.8) is 0 Å². The molecule has 130 valence electrons. The topological polar surface area (TPSA) is 34.5 Å². The van der Waals surface area contributed by atoms with Crippen molar-refractivity contribution in [3.05, 3.63) is 29.5 Å². The van der Waals surface area contributed by atoms with E-state index in [1.807, 2.05) is 32.2 Å². The molecule has 0 saturated carbocycles. The molecule has 2 aromatic rings. The Kier molecular flexibility index (Phi) is 4.68. The molecule has 0 spiro atoms. The number of nitrogens with zero attached hydrogens (tertiary/aromatic N) is 2. The molecule has 4 nitrogen and oxygen atoms in total. The number of hydrogen-bond donors (Lipinski definition) is 0. The third-order valence-electron chi connectivity index (χ3n) is 5.68. The average Bonchev–Trinajstić information content (AvgIpc) is 2.81. The first-order valence-electron chi connectivity index (χ1n) is 8.86. The third kappa shape index (κ3) is 2.84. The molecular weight excluding hydrogens is 300 g/mol. The lowest BCUT2D eigenvalue weighted by Gasteiger charge is -2.38. The number of carbonyl (C=O) groups is 1. The molecule has 1 saturated heterocycles. The zero-order valence-electron chi connectivity index (χ0n) is 15.4.